The summed E-state index contributed by atoms with van der Waals surface area (Å²) in [5.41, 5.74) is 2.94. The van der Waals surface area contributed by atoms with E-state index in [0.717, 1.165) is 48.3 Å². The number of hydrogen-bond donors (Lipinski definition) is 2. The first-order chi connectivity index (χ1) is 13.8. The zero-order chi connectivity index (χ0) is 19.6. The molecular formula is C21H26N6O. The minimum Gasteiger partial charge on any atom is -0.497 e. The Morgan fingerprint density at radius 2 is 1.93 bits per heavy atom. The predicted molar refractivity (Wildman–Crippen MR) is 111 cm³/mol. The molecule has 0 bridgehead atoms. The third-order valence-corrected chi connectivity index (χ3v) is 4.12. The summed E-state index contributed by atoms with van der Waals surface area (Å²) < 4.78 is 7.03. The number of nitrogens with zero attached hydrogens (tertiary/aromatic N) is 4. The normalized spacial score (nSPS) is 11.3. The maximum absolute atomic E-state index is 5.19. The molecule has 0 unspecified atom stereocenters. The van der Waals surface area contributed by atoms with Gasteiger partial charge >= 0.3 is 0 Å². The van der Waals surface area contributed by atoms with Gasteiger partial charge in [0.2, 0.25) is 0 Å². The van der Waals surface area contributed by atoms with Gasteiger partial charge in [-0.25, -0.2) is 9.67 Å². The lowest BCUT2D eigenvalue weighted by Crippen LogP contribution is -2.38. The van der Waals surface area contributed by atoms with Crippen LogP contribution in [-0.4, -0.2) is 40.9 Å². The van der Waals surface area contributed by atoms with Crippen LogP contribution in [-0.2, 0) is 13.0 Å². The standard InChI is InChI=1S/C21H26N6O/c1-3-22-21(24-14-11-17-6-4-5-13-23-17)25-16-18-12-15-27(26-18)19-7-9-20(28-2)10-8-19/h4-10,12-13,15H,3,11,14,16H2,1-2H3,(H2,22,24,25). The Hall–Kier alpha value is -3.35. The van der Waals surface area contributed by atoms with E-state index in [-0.39, 0.29) is 0 Å². The Morgan fingerprint density at radius 3 is 2.64 bits per heavy atom. The lowest BCUT2D eigenvalue weighted by Gasteiger charge is -2.10. The van der Waals surface area contributed by atoms with Crippen LogP contribution in [0.2, 0.25) is 0 Å². The second-order valence-electron chi connectivity index (χ2n) is 6.14. The van der Waals surface area contributed by atoms with Crippen LogP contribution in [0.3, 0.4) is 0 Å². The van der Waals surface area contributed by atoms with Gasteiger partial charge in [0.05, 0.1) is 25.0 Å². The summed E-state index contributed by atoms with van der Waals surface area (Å²) in [7, 11) is 1.66. The number of rotatable bonds is 8. The summed E-state index contributed by atoms with van der Waals surface area (Å²) >= 11 is 0. The first kappa shape index (κ1) is 19.4. The first-order valence-electron chi connectivity index (χ1n) is 9.39. The van der Waals surface area contributed by atoms with Crippen molar-refractivity contribution in [1.29, 1.82) is 0 Å². The van der Waals surface area contributed by atoms with Crippen molar-refractivity contribution in [3.05, 3.63) is 72.3 Å². The molecule has 0 radical (unpaired) electrons. The molecule has 7 nitrogen and oxygen atoms in total. The first-order valence-corrected chi connectivity index (χ1v) is 9.39. The topological polar surface area (TPSA) is 76.4 Å². The number of guanidine groups is 1. The van der Waals surface area contributed by atoms with Crippen molar-refractivity contribution in [3.8, 4) is 11.4 Å². The van der Waals surface area contributed by atoms with Crippen molar-refractivity contribution in [2.45, 2.75) is 19.9 Å². The van der Waals surface area contributed by atoms with Crippen LogP contribution >= 0.6 is 0 Å². The van der Waals surface area contributed by atoms with Gasteiger partial charge in [-0.1, -0.05) is 6.07 Å². The van der Waals surface area contributed by atoms with Crippen LogP contribution in [0, 0.1) is 0 Å². The molecule has 0 saturated heterocycles. The van der Waals surface area contributed by atoms with Crippen molar-refractivity contribution >= 4 is 5.96 Å². The lowest BCUT2D eigenvalue weighted by atomic mass is 10.3. The van der Waals surface area contributed by atoms with Crippen molar-refractivity contribution in [1.82, 2.24) is 25.4 Å². The van der Waals surface area contributed by atoms with Gasteiger partial charge in [0.15, 0.2) is 5.96 Å². The quantitative estimate of drug-likeness (QED) is 0.465. The molecule has 2 heterocycles. The zero-order valence-electron chi connectivity index (χ0n) is 16.3. The highest BCUT2D eigenvalue weighted by Gasteiger charge is 2.03. The van der Waals surface area contributed by atoms with Crippen molar-refractivity contribution in [2.24, 2.45) is 4.99 Å². The van der Waals surface area contributed by atoms with Gasteiger partial charge in [0, 0.05) is 37.6 Å². The van der Waals surface area contributed by atoms with Gasteiger partial charge in [-0.15, -0.1) is 0 Å². The zero-order valence-corrected chi connectivity index (χ0v) is 16.3. The summed E-state index contributed by atoms with van der Waals surface area (Å²) in [5, 5.41) is 11.2. The molecule has 3 rings (SSSR count). The van der Waals surface area contributed by atoms with E-state index in [2.05, 4.69) is 25.7 Å². The average Bonchev–Trinajstić information content (AvgIpc) is 3.22. The van der Waals surface area contributed by atoms with Crippen molar-refractivity contribution < 1.29 is 4.74 Å². The Balaban J connectivity index is 1.57. The molecule has 0 aliphatic heterocycles. The molecule has 146 valence electrons. The molecule has 0 saturated carbocycles. The number of pyridine rings is 1. The summed E-state index contributed by atoms with van der Waals surface area (Å²) in [6, 6.07) is 15.7. The summed E-state index contributed by atoms with van der Waals surface area (Å²) in [5.74, 6) is 1.60. The fraction of sp³-hybridized carbons (Fsp3) is 0.286. The second-order valence-corrected chi connectivity index (χ2v) is 6.14. The van der Waals surface area contributed by atoms with E-state index in [1.54, 1.807) is 7.11 Å². The molecule has 0 atom stereocenters. The summed E-state index contributed by atoms with van der Waals surface area (Å²) in [6.45, 7) is 4.12. The molecule has 0 amide bonds. The number of nitrogens with one attached hydrogen (secondary N) is 2. The molecule has 0 spiro atoms. The van der Waals surface area contributed by atoms with E-state index in [4.69, 9.17) is 4.74 Å². The minimum absolute atomic E-state index is 0.502. The number of ether oxygens (including phenoxy) is 1. The number of aromatic nitrogens is 3. The third kappa shape index (κ3) is 5.57. The van der Waals surface area contributed by atoms with Gasteiger partial charge < -0.3 is 15.4 Å². The van der Waals surface area contributed by atoms with Crippen LogP contribution in [0.25, 0.3) is 5.69 Å². The molecular weight excluding hydrogens is 352 g/mol. The fourth-order valence-corrected chi connectivity index (χ4v) is 2.68. The molecule has 1 aromatic carbocycles. The van der Waals surface area contributed by atoms with Crippen LogP contribution < -0.4 is 15.4 Å². The third-order valence-electron chi connectivity index (χ3n) is 4.12. The largest absolute Gasteiger partial charge is 0.497 e. The van der Waals surface area contributed by atoms with Gasteiger partial charge in [-0.2, -0.15) is 5.10 Å². The van der Waals surface area contributed by atoms with Crippen LogP contribution in [0.4, 0.5) is 0 Å². The number of methoxy groups -OCH3 is 1. The van der Waals surface area contributed by atoms with E-state index in [1.807, 2.05) is 72.5 Å². The van der Waals surface area contributed by atoms with Crippen LogP contribution in [0.1, 0.15) is 18.3 Å². The molecule has 0 fully saturated rings. The van der Waals surface area contributed by atoms with Crippen LogP contribution in [0.15, 0.2) is 65.9 Å². The Bertz CT molecular complexity index is 873. The van der Waals surface area contributed by atoms with E-state index in [1.165, 1.54) is 0 Å². The van der Waals surface area contributed by atoms with Gasteiger partial charge in [-0.3, -0.25) is 4.98 Å². The maximum atomic E-state index is 5.19. The highest BCUT2D eigenvalue weighted by atomic mass is 16.5. The monoisotopic (exact) mass is 378 g/mol. The highest BCUT2D eigenvalue weighted by Crippen LogP contribution is 2.14. The van der Waals surface area contributed by atoms with Gasteiger partial charge in [-0.05, 0) is 49.4 Å². The van der Waals surface area contributed by atoms with Gasteiger partial charge in [0.1, 0.15) is 5.75 Å². The molecule has 28 heavy (non-hydrogen) atoms. The van der Waals surface area contributed by atoms with Crippen molar-refractivity contribution in [3.63, 3.8) is 0 Å². The van der Waals surface area contributed by atoms with Crippen LogP contribution in [0.5, 0.6) is 5.75 Å². The second kappa shape index (κ2) is 10.1. The minimum atomic E-state index is 0.502. The van der Waals surface area contributed by atoms with E-state index in [0.29, 0.717) is 6.54 Å². The average molecular weight is 378 g/mol. The van der Waals surface area contributed by atoms with E-state index >= 15 is 0 Å². The van der Waals surface area contributed by atoms with E-state index < -0.39 is 0 Å². The molecule has 7 heteroatoms. The van der Waals surface area contributed by atoms with Gasteiger partial charge in [0.25, 0.3) is 0 Å². The Kier molecular flexibility index (Phi) is 7.01. The number of hydrogen-bond acceptors (Lipinski definition) is 4. The molecule has 2 N–H and O–H groups in total. The molecule has 0 aliphatic carbocycles. The summed E-state index contributed by atoms with van der Waals surface area (Å²) in [6.07, 6.45) is 4.60. The molecule has 3 aromatic rings. The number of benzene rings is 1. The smallest absolute Gasteiger partial charge is 0.191 e. The maximum Gasteiger partial charge on any atom is 0.191 e. The van der Waals surface area contributed by atoms with Crippen molar-refractivity contribution in [2.75, 3.05) is 20.2 Å². The SMILES string of the molecule is CCNC(=NCc1ccn(-c2ccc(OC)cc2)n1)NCCc1ccccn1. The molecule has 0 aliphatic rings. The van der Waals surface area contributed by atoms with E-state index in [9.17, 15) is 0 Å². The summed E-state index contributed by atoms with van der Waals surface area (Å²) in [4.78, 5) is 8.96. The number of aliphatic imine (C=N–C) groups is 1. The Morgan fingerprint density at radius 1 is 1.07 bits per heavy atom. The molecule has 2 aromatic heterocycles. The predicted octanol–water partition coefficient (Wildman–Crippen LogP) is 2.57. The highest BCUT2D eigenvalue weighted by molar-refractivity contribution is 5.79. The lowest BCUT2D eigenvalue weighted by molar-refractivity contribution is 0.414. The Labute approximate surface area is 165 Å². The fourth-order valence-electron chi connectivity index (χ4n) is 2.68.